The summed E-state index contributed by atoms with van der Waals surface area (Å²) in [4.78, 5) is 8.39. The summed E-state index contributed by atoms with van der Waals surface area (Å²) in [5, 5.41) is 27.1. The Morgan fingerprint density at radius 2 is 1.78 bits per heavy atom. The summed E-state index contributed by atoms with van der Waals surface area (Å²) in [6.45, 7) is 0. The van der Waals surface area contributed by atoms with Crippen molar-refractivity contribution in [2.24, 2.45) is 0 Å². The molecule has 0 amide bonds. The van der Waals surface area contributed by atoms with E-state index in [1.54, 1.807) is 23.1 Å². The van der Waals surface area contributed by atoms with E-state index in [1.165, 1.54) is 0 Å². The van der Waals surface area contributed by atoms with Crippen molar-refractivity contribution in [3.8, 4) is 11.3 Å². The molecular formula is C16H17N5O2. The maximum Gasteiger partial charge on any atom is 0.154 e. The lowest BCUT2D eigenvalue weighted by atomic mass is 10.2. The van der Waals surface area contributed by atoms with Gasteiger partial charge in [0.05, 0.1) is 24.1 Å². The third-order valence-electron chi connectivity index (χ3n) is 4.19. The quantitative estimate of drug-likeness (QED) is 0.670. The average molecular weight is 311 g/mol. The third kappa shape index (κ3) is 2.64. The topological polar surface area (TPSA) is 95.6 Å². The van der Waals surface area contributed by atoms with Gasteiger partial charge in [-0.1, -0.05) is 0 Å². The van der Waals surface area contributed by atoms with E-state index in [1.807, 2.05) is 24.3 Å². The molecule has 0 aliphatic heterocycles. The molecule has 23 heavy (non-hydrogen) atoms. The first-order chi connectivity index (χ1) is 11.2. The van der Waals surface area contributed by atoms with Crippen LogP contribution in [-0.4, -0.2) is 48.0 Å². The molecule has 3 aromatic rings. The van der Waals surface area contributed by atoms with Crippen LogP contribution in [0.1, 0.15) is 12.8 Å². The van der Waals surface area contributed by atoms with E-state index in [4.69, 9.17) is 0 Å². The highest BCUT2D eigenvalue weighted by molar-refractivity contribution is 5.63. The van der Waals surface area contributed by atoms with Gasteiger partial charge in [-0.25, -0.2) is 9.50 Å². The highest BCUT2D eigenvalue weighted by Gasteiger charge is 2.31. The number of nitrogens with zero attached hydrogens (tertiary/aromatic N) is 4. The molecule has 3 atom stereocenters. The number of anilines is 1. The van der Waals surface area contributed by atoms with Gasteiger partial charge in [-0.15, -0.1) is 5.10 Å². The number of aromatic nitrogens is 4. The second kappa shape index (κ2) is 5.60. The Hall–Kier alpha value is -2.51. The van der Waals surface area contributed by atoms with Gasteiger partial charge in [0.25, 0.3) is 0 Å². The van der Waals surface area contributed by atoms with Gasteiger partial charge in [0, 0.05) is 24.0 Å². The molecule has 0 bridgehead atoms. The minimum atomic E-state index is -0.670. The molecule has 0 unspecified atom stereocenters. The summed E-state index contributed by atoms with van der Waals surface area (Å²) < 4.78 is 1.78. The van der Waals surface area contributed by atoms with Gasteiger partial charge in [0.2, 0.25) is 0 Å². The average Bonchev–Trinajstić information content (AvgIpc) is 3.11. The number of fused-ring (bicyclic) bond motifs is 1. The lowest BCUT2D eigenvalue weighted by Crippen LogP contribution is -2.18. The van der Waals surface area contributed by atoms with Gasteiger partial charge >= 0.3 is 0 Å². The zero-order valence-electron chi connectivity index (χ0n) is 12.4. The number of aliphatic hydroxyl groups excluding tert-OH is 2. The van der Waals surface area contributed by atoms with E-state index in [-0.39, 0.29) is 6.04 Å². The number of aliphatic hydroxyl groups is 2. The van der Waals surface area contributed by atoms with E-state index >= 15 is 0 Å². The molecule has 7 nitrogen and oxygen atoms in total. The summed E-state index contributed by atoms with van der Waals surface area (Å²) in [5.41, 5.74) is 2.63. The van der Waals surface area contributed by atoms with Gasteiger partial charge in [-0.3, -0.25) is 4.98 Å². The van der Waals surface area contributed by atoms with E-state index in [9.17, 15) is 10.2 Å². The highest BCUT2D eigenvalue weighted by atomic mass is 16.3. The van der Waals surface area contributed by atoms with Crippen LogP contribution < -0.4 is 5.32 Å². The number of imidazole rings is 1. The van der Waals surface area contributed by atoms with E-state index in [2.05, 4.69) is 20.4 Å². The standard InChI is InChI=1S/C16H17N5O2/c22-13-7-11(8-14(13)23)19-15-1-2-16-18-9-12(21(16)20-15)10-3-5-17-6-4-10/h1-6,9,11,13-14,22-23H,7-8H2,(H,19,20)/t11-,13+,14-. The minimum absolute atomic E-state index is 0.0119. The first-order valence-electron chi connectivity index (χ1n) is 7.58. The van der Waals surface area contributed by atoms with Crippen LogP contribution in [0.2, 0.25) is 0 Å². The third-order valence-corrected chi connectivity index (χ3v) is 4.19. The summed E-state index contributed by atoms with van der Waals surface area (Å²) in [5.74, 6) is 0.692. The van der Waals surface area contributed by atoms with Crippen molar-refractivity contribution < 1.29 is 10.2 Å². The second-order valence-electron chi connectivity index (χ2n) is 5.82. The Kier molecular flexibility index (Phi) is 3.44. The smallest absolute Gasteiger partial charge is 0.154 e. The van der Waals surface area contributed by atoms with Crippen molar-refractivity contribution >= 4 is 11.5 Å². The van der Waals surface area contributed by atoms with Crippen LogP contribution in [0, 0.1) is 0 Å². The molecular weight excluding hydrogens is 294 g/mol. The lowest BCUT2D eigenvalue weighted by molar-refractivity contribution is 0.0438. The van der Waals surface area contributed by atoms with Crippen LogP contribution in [0.3, 0.4) is 0 Å². The van der Waals surface area contributed by atoms with E-state index in [0.29, 0.717) is 18.7 Å². The van der Waals surface area contributed by atoms with Crippen LogP contribution in [0.5, 0.6) is 0 Å². The molecule has 1 saturated carbocycles. The fourth-order valence-corrected chi connectivity index (χ4v) is 2.99. The van der Waals surface area contributed by atoms with Crippen LogP contribution in [0.15, 0.2) is 42.9 Å². The van der Waals surface area contributed by atoms with Crippen molar-refractivity contribution in [2.75, 3.05) is 5.32 Å². The number of hydrogen-bond donors (Lipinski definition) is 3. The lowest BCUT2D eigenvalue weighted by Gasteiger charge is -2.13. The van der Waals surface area contributed by atoms with Gasteiger partial charge in [-0.05, 0) is 37.1 Å². The summed E-state index contributed by atoms with van der Waals surface area (Å²) >= 11 is 0. The van der Waals surface area contributed by atoms with Gasteiger partial charge < -0.3 is 15.5 Å². The number of rotatable bonds is 3. The Morgan fingerprint density at radius 3 is 2.52 bits per heavy atom. The Morgan fingerprint density at radius 1 is 1.04 bits per heavy atom. The van der Waals surface area contributed by atoms with Gasteiger partial charge in [0.1, 0.15) is 5.82 Å². The Bertz CT molecular complexity index is 810. The molecule has 4 rings (SSSR count). The van der Waals surface area contributed by atoms with Gasteiger partial charge in [0.15, 0.2) is 5.65 Å². The normalized spacial score (nSPS) is 24.2. The maximum absolute atomic E-state index is 9.65. The zero-order chi connectivity index (χ0) is 15.8. The van der Waals surface area contributed by atoms with Crippen LogP contribution >= 0.6 is 0 Å². The molecule has 1 aliphatic carbocycles. The van der Waals surface area contributed by atoms with Crippen LogP contribution in [-0.2, 0) is 0 Å². The van der Waals surface area contributed by atoms with Crippen molar-refractivity contribution in [1.82, 2.24) is 19.6 Å². The second-order valence-corrected chi connectivity index (χ2v) is 5.82. The maximum atomic E-state index is 9.65. The molecule has 3 N–H and O–H groups in total. The SMILES string of the molecule is O[C@@H]1C[C@H](Nc2ccc3ncc(-c4ccncc4)n3n2)C[C@@H]1O. The fourth-order valence-electron chi connectivity index (χ4n) is 2.99. The van der Waals surface area contributed by atoms with Crippen LogP contribution in [0.4, 0.5) is 5.82 Å². The van der Waals surface area contributed by atoms with Crippen molar-refractivity contribution in [2.45, 2.75) is 31.1 Å². The monoisotopic (exact) mass is 311 g/mol. The predicted octanol–water partition coefficient (Wildman–Crippen LogP) is 1.09. The first-order valence-corrected chi connectivity index (χ1v) is 7.58. The fraction of sp³-hybridized carbons (Fsp3) is 0.312. The predicted molar refractivity (Wildman–Crippen MR) is 84.9 cm³/mol. The largest absolute Gasteiger partial charge is 0.390 e. The molecule has 1 aliphatic rings. The molecule has 0 radical (unpaired) electrons. The molecule has 118 valence electrons. The molecule has 0 spiro atoms. The van der Waals surface area contributed by atoms with Crippen LogP contribution in [0.25, 0.3) is 16.9 Å². The number of pyridine rings is 1. The molecule has 3 aromatic heterocycles. The molecule has 1 fully saturated rings. The van der Waals surface area contributed by atoms with E-state index in [0.717, 1.165) is 16.9 Å². The van der Waals surface area contributed by atoms with Gasteiger partial charge in [-0.2, -0.15) is 0 Å². The van der Waals surface area contributed by atoms with Crippen molar-refractivity contribution in [3.63, 3.8) is 0 Å². The summed E-state index contributed by atoms with van der Waals surface area (Å²) in [6.07, 6.45) is 4.94. The minimum Gasteiger partial charge on any atom is -0.390 e. The number of hydrogen-bond acceptors (Lipinski definition) is 6. The molecule has 0 saturated heterocycles. The molecule has 0 aromatic carbocycles. The summed E-state index contributed by atoms with van der Waals surface area (Å²) in [7, 11) is 0. The zero-order valence-corrected chi connectivity index (χ0v) is 12.4. The van der Waals surface area contributed by atoms with Crippen molar-refractivity contribution in [1.29, 1.82) is 0 Å². The van der Waals surface area contributed by atoms with Crippen molar-refractivity contribution in [3.05, 3.63) is 42.9 Å². The first kappa shape index (κ1) is 14.1. The highest BCUT2D eigenvalue weighted by Crippen LogP contribution is 2.24. The Labute approximate surface area is 132 Å². The molecule has 7 heteroatoms. The van der Waals surface area contributed by atoms with E-state index < -0.39 is 12.2 Å². The number of nitrogens with one attached hydrogen (secondary N) is 1. The Balaban J connectivity index is 1.65. The molecule has 3 heterocycles. The summed E-state index contributed by atoms with van der Waals surface area (Å²) in [6, 6.07) is 7.58.